The molecule has 0 saturated heterocycles. The number of para-hydroxylation sites is 1. The SMILES string of the molecule is COc1ccccc1[C@H](C)N(C)C(=O)CCn1c(-c2cccs2)n[nH]c1=S. The highest BCUT2D eigenvalue weighted by Crippen LogP contribution is 2.28. The molecule has 0 radical (unpaired) electrons. The van der Waals surface area contributed by atoms with Crippen LogP contribution in [0, 0.1) is 4.77 Å². The first-order valence-electron chi connectivity index (χ1n) is 8.60. The van der Waals surface area contributed by atoms with Crippen LogP contribution < -0.4 is 4.74 Å². The summed E-state index contributed by atoms with van der Waals surface area (Å²) in [6.07, 6.45) is 0.336. The van der Waals surface area contributed by atoms with E-state index in [9.17, 15) is 4.79 Å². The van der Waals surface area contributed by atoms with Crippen molar-refractivity contribution >= 4 is 29.5 Å². The summed E-state index contributed by atoms with van der Waals surface area (Å²) in [6, 6.07) is 11.6. The molecule has 1 N–H and O–H groups in total. The van der Waals surface area contributed by atoms with Gasteiger partial charge >= 0.3 is 0 Å². The van der Waals surface area contributed by atoms with Crippen molar-refractivity contribution in [2.45, 2.75) is 25.9 Å². The van der Waals surface area contributed by atoms with Crippen LogP contribution in [0.2, 0.25) is 0 Å². The maximum absolute atomic E-state index is 12.8. The molecule has 0 aliphatic heterocycles. The number of methoxy groups -OCH3 is 1. The molecule has 1 atom stereocenters. The molecule has 8 heteroatoms. The lowest BCUT2D eigenvalue weighted by atomic mass is 10.1. The number of carbonyl (C=O) groups excluding carboxylic acids is 1. The third-order valence-corrected chi connectivity index (χ3v) is 5.79. The number of hydrogen-bond donors (Lipinski definition) is 1. The van der Waals surface area contributed by atoms with Crippen LogP contribution in [-0.2, 0) is 11.3 Å². The minimum absolute atomic E-state index is 0.0358. The van der Waals surface area contributed by atoms with E-state index in [1.807, 2.05) is 60.3 Å². The first-order valence-corrected chi connectivity index (χ1v) is 9.89. The molecule has 0 bridgehead atoms. The van der Waals surface area contributed by atoms with Crippen molar-refractivity contribution in [3.8, 4) is 16.5 Å². The van der Waals surface area contributed by atoms with Crippen LogP contribution in [0.1, 0.15) is 24.9 Å². The number of ether oxygens (including phenoxy) is 1. The average Bonchev–Trinajstić information content (AvgIpc) is 3.34. The summed E-state index contributed by atoms with van der Waals surface area (Å²) in [7, 11) is 3.45. The quantitative estimate of drug-likeness (QED) is 0.599. The summed E-state index contributed by atoms with van der Waals surface area (Å²) in [5.41, 5.74) is 0.982. The number of aromatic amines is 1. The zero-order valence-corrected chi connectivity index (χ0v) is 17.1. The number of aromatic nitrogens is 3. The highest BCUT2D eigenvalue weighted by atomic mass is 32.1. The van der Waals surface area contributed by atoms with Gasteiger partial charge in [0.2, 0.25) is 5.91 Å². The van der Waals surface area contributed by atoms with Gasteiger partial charge in [-0.15, -0.1) is 11.3 Å². The maximum atomic E-state index is 12.8. The predicted octanol–water partition coefficient (Wildman–Crippen LogP) is 4.29. The Hall–Kier alpha value is -2.45. The van der Waals surface area contributed by atoms with Crippen molar-refractivity contribution in [2.75, 3.05) is 14.2 Å². The van der Waals surface area contributed by atoms with E-state index in [1.165, 1.54) is 0 Å². The highest BCUT2D eigenvalue weighted by molar-refractivity contribution is 7.71. The van der Waals surface area contributed by atoms with E-state index in [0.717, 1.165) is 22.0 Å². The van der Waals surface area contributed by atoms with Gasteiger partial charge in [0.25, 0.3) is 0 Å². The van der Waals surface area contributed by atoms with Gasteiger partial charge in [-0.25, -0.2) is 0 Å². The van der Waals surface area contributed by atoms with Crippen molar-refractivity contribution in [3.63, 3.8) is 0 Å². The Balaban J connectivity index is 1.71. The third kappa shape index (κ3) is 4.12. The molecule has 6 nitrogen and oxygen atoms in total. The van der Waals surface area contributed by atoms with E-state index < -0.39 is 0 Å². The number of carbonyl (C=O) groups is 1. The summed E-state index contributed by atoms with van der Waals surface area (Å²) in [5.74, 6) is 1.58. The molecule has 0 saturated carbocycles. The van der Waals surface area contributed by atoms with Crippen molar-refractivity contribution < 1.29 is 9.53 Å². The molecule has 2 heterocycles. The van der Waals surface area contributed by atoms with Crippen LogP contribution in [0.3, 0.4) is 0 Å². The zero-order valence-electron chi connectivity index (χ0n) is 15.5. The molecule has 1 aromatic carbocycles. The van der Waals surface area contributed by atoms with Gasteiger partial charge in [0, 0.05) is 25.6 Å². The number of rotatable bonds is 7. The van der Waals surface area contributed by atoms with Gasteiger partial charge < -0.3 is 9.64 Å². The molecule has 0 fully saturated rings. The minimum Gasteiger partial charge on any atom is -0.496 e. The molecular weight excluding hydrogens is 380 g/mol. The van der Waals surface area contributed by atoms with E-state index in [4.69, 9.17) is 17.0 Å². The topological polar surface area (TPSA) is 63.1 Å². The predicted molar refractivity (Wildman–Crippen MR) is 110 cm³/mol. The molecule has 0 aliphatic carbocycles. The molecular formula is C19H22N4O2S2. The number of benzene rings is 1. The van der Waals surface area contributed by atoms with Gasteiger partial charge in [-0.2, -0.15) is 5.10 Å². The van der Waals surface area contributed by atoms with Gasteiger partial charge in [0.1, 0.15) is 5.75 Å². The Bertz CT molecular complexity index is 962. The standard InChI is InChI=1S/C19H22N4O2S2/c1-13(14-7-4-5-8-15(14)25-3)22(2)17(24)10-11-23-18(20-21-19(23)26)16-9-6-12-27-16/h4-9,12-13H,10-11H2,1-3H3,(H,21,26)/t13-/m0/s1. The summed E-state index contributed by atoms with van der Waals surface area (Å²) in [5, 5.41) is 9.12. The fourth-order valence-corrected chi connectivity index (χ4v) is 3.88. The number of nitrogens with one attached hydrogen (secondary N) is 1. The van der Waals surface area contributed by atoms with Gasteiger partial charge in [0.15, 0.2) is 10.6 Å². The number of amides is 1. The van der Waals surface area contributed by atoms with Gasteiger partial charge in [-0.3, -0.25) is 14.5 Å². The van der Waals surface area contributed by atoms with E-state index in [-0.39, 0.29) is 11.9 Å². The lowest BCUT2D eigenvalue weighted by Crippen LogP contribution is -2.30. The minimum atomic E-state index is -0.0947. The second kappa shape index (κ2) is 8.49. The van der Waals surface area contributed by atoms with E-state index in [2.05, 4.69) is 10.2 Å². The maximum Gasteiger partial charge on any atom is 0.224 e. The Morgan fingerprint density at radius 2 is 2.15 bits per heavy atom. The molecule has 0 unspecified atom stereocenters. The second-order valence-electron chi connectivity index (χ2n) is 6.15. The summed E-state index contributed by atoms with van der Waals surface area (Å²) in [6.45, 7) is 2.47. The fourth-order valence-electron chi connectivity index (χ4n) is 2.94. The van der Waals surface area contributed by atoms with Crippen molar-refractivity contribution in [1.82, 2.24) is 19.7 Å². The van der Waals surface area contributed by atoms with Crippen molar-refractivity contribution in [1.29, 1.82) is 0 Å². The Labute approximate surface area is 167 Å². The van der Waals surface area contributed by atoms with Crippen LogP contribution in [0.5, 0.6) is 5.75 Å². The molecule has 3 rings (SSSR count). The van der Waals surface area contributed by atoms with Gasteiger partial charge in [0.05, 0.1) is 18.0 Å². The van der Waals surface area contributed by atoms with Crippen molar-refractivity contribution in [3.05, 3.63) is 52.1 Å². The first kappa shape index (κ1) is 19.3. The zero-order chi connectivity index (χ0) is 19.4. The van der Waals surface area contributed by atoms with Gasteiger partial charge in [-0.05, 0) is 36.7 Å². The van der Waals surface area contributed by atoms with Crippen molar-refractivity contribution in [2.24, 2.45) is 0 Å². The fraction of sp³-hybridized carbons (Fsp3) is 0.316. The average molecular weight is 403 g/mol. The largest absolute Gasteiger partial charge is 0.496 e. The number of hydrogen-bond acceptors (Lipinski definition) is 5. The number of thiophene rings is 1. The molecule has 0 aliphatic rings. The van der Waals surface area contributed by atoms with Gasteiger partial charge in [-0.1, -0.05) is 24.3 Å². The Kier molecular flexibility index (Phi) is 6.08. The second-order valence-corrected chi connectivity index (χ2v) is 7.49. The van der Waals surface area contributed by atoms with E-state index in [1.54, 1.807) is 23.3 Å². The first-order chi connectivity index (χ1) is 13.0. The summed E-state index contributed by atoms with van der Waals surface area (Å²) in [4.78, 5) is 15.5. The number of H-pyrrole nitrogens is 1. The Morgan fingerprint density at radius 1 is 1.37 bits per heavy atom. The highest BCUT2D eigenvalue weighted by Gasteiger charge is 2.21. The molecule has 1 amide bonds. The normalized spacial score (nSPS) is 12.0. The van der Waals surface area contributed by atoms with E-state index >= 15 is 0 Å². The van der Waals surface area contributed by atoms with Crippen LogP contribution >= 0.6 is 23.6 Å². The molecule has 3 aromatic rings. The third-order valence-electron chi connectivity index (χ3n) is 4.61. The molecule has 2 aromatic heterocycles. The lowest BCUT2D eigenvalue weighted by Gasteiger charge is -2.26. The summed E-state index contributed by atoms with van der Waals surface area (Å²) >= 11 is 6.93. The van der Waals surface area contributed by atoms with Crippen LogP contribution in [0.4, 0.5) is 0 Å². The smallest absolute Gasteiger partial charge is 0.224 e. The molecule has 0 spiro atoms. The van der Waals surface area contributed by atoms with Crippen LogP contribution in [-0.4, -0.2) is 39.7 Å². The summed E-state index contributed by atoms with van der Waals surface area (Å²) < 4.78 is 7.82. The molecule has 27 heavy (non-hydrogen) atoms. The molecule has 142 valence electrons. The number of nitrogens with zero attached hydrogens (tertiary/aromatic N) is 3. The van der Waals surface area contributed by atoms with Crippen LogP contribution in [0.25, 0.3) is 10.7 Å². The Morgan fingerprint density at radius 3 is 2.85 bits per heavy atom. The monoisotopic (exact) mass is 402 g/mol. The van der Waals surface area contributed by atoms with E-state index in [0.29, 0.717) is 17.7 Å². The lowest BCUT2D eigenvalue weighted by molar-refractivity contribution is -0.132. The van der Waals surface area contributed by atoms with Crippen LogP contribution in [0.15, 0.2) is 41.8 Å².